The Morgan fingerprint density at radius 3 is 1.41 bits per heavy atom. The molecule has 0 spiro atoms. The first-order chi connectivity index (χ1) is 29.3. The Morgan fingerprint density at radius 1 is 0.424 bits per heavy atom. The first kappa shape index (κ1) is 35.8. The molecule has 4 saturated heterocycles. The average Bonchev–Trinajstić information content (AvgIpc) is 3.31. The molecule has 0 N–H and O–H groups in total. The van der Waals surface area contributed by atoms with Gasteiger partial charge in [-0.05, 0) is 97.7 Å². The summed E-state index contributed by atoms with van der Waals surface area (Å²) in [4.78, 5) is 9.53. The molecule has 5 heteroatoms. The topological polar surface area (TPSA) is 19.0 Å². The highest BCUT2D eigenvalue weighted by Crippen LogP contribution is 2.75. The second kappa shape index (κ2) is 14.3. The quantitative estimate of drug-likeness (QED) is 0.165. The molecule has 4 heterocycles. The van der Waals surface area contributed by atoms with E-state index in [0.717, 1.165) is 0 Å². The summed E-state index contributed by atoms with van der Waals surface area (Å²) in [5.74, 6) is 1.47. The molecule has 0 bridgehead atoms. The maximum absolute atomic E-state index is 7.77. The molecule has 16 atom stereocenters. The molecular weight excluding hydrogens is 738 g/mol. The lowest BCUT2D eigenvalue weighted by molar-refractivity contribution is -0.201. The largest absolute Gasteiger partial charge is 0.371 e. The third-order valence-electron chi connectivity index (χ3n) is 17.1. The molecule has 4 aliphatic carbocycles. The van der Waals surface area contributed by atoms with Gasteiger partial charge in [-0.1, -0.05) is 148 Å². The van der Waals surface area contributed by atoms with E-state index in [9.17, 15) is 0 Å². The van der Waals surface area contributed by atoms with Crippen LogP contribution in [0.4, 0.5) is 11.4 Å². The van der Waals surface area contributed by atoms with Gasteiger partial charge in [0.15, 0.2) is 0 Å². The van der Waals surface area contributed by atoms with Gasteiger partial charge in [0.05, 0.1) is 12.2 Å². The van der Waals surface area contributed by atoms with Gasteiger partial charge in [0.2, 0.25) is 0 Å². The molecule has 0 radical (unpaired) electrons. The van der Waals surface area contributed by atoms with E-state index in [1.54, 1.807) is 5.56 Å². The number of fused-ring (bicyclic) bond motifs is 3. The normalized spacial score (nSPS) is 40.4. The Labute approximate surface area is 352 Å². The fraction of sp³-hybridized carbons (Fsp3) is 0.444. The highest BCUT2D eigenvalue weighted by molar-refractivity contribution is 7.60. The number of hydrogen-bond donors (Lipinski definition) is 0. The lowest BCUT2D eigenvalue weighted by atomic mass is 9.67. The molecule has 8 aliphatic rings. The first-order valence-corrected chi connectivity index (χ1v) is 24.9. The molecule has 0 aromatic heterocycles. The van der Waals surface area contributed by atoms with Crippen molar-refractivity contribution in [2.24, 2.45) is 0 Å². The van der Waals surface area contributed by atoms with Crippen molar-refractivity contribution in [2.75, 3.05) is 9.80 Å². The van der Waals surface area contributed by atoms with Crippen LogP contribution in [0.15, 0.2) is 152 Å². The van der Waals surface area contributed by atoms with Gasteiger partial charge in [0.25, 0.3) is 0 Å². The monoisotopic (exact) mass is 795 g/mol. The van der Waals surface area contributed by atoms with Crippen LogP contribution in [-0.2, 0) is 4.74 Å². The first-order valence-electron chi connectivity index (χ1n) is 23.3. The van der Waals surface area contributed by atoms with Crippen LogP contribution >= 0.6 is 7.92 Å². The van der Waals surface area contributed by atoms with Crippen LogP contribution in [0, 0.1) is 0 Å². The maximum atomic E-state index is 7.77. The fourth-order valence-electron chi connectivity index (χ4n) is 15.3. The van der Waals surface area contributed by atoms with Crippen LogP contribution in [0.3, 0.4) is 0 Å². The molecule has 4 saturated carbocycles. The summed E-state index contributed by atoms with van der Waals surface area (Å²) in [5.41, 5.74) is 9.53. The fourth-order valence-corrected chi connectivity index (χ4v) is 20.5. The second-order valence-electron chi connectivity index (χ2n) is 19.6. The predicted octanol–water partition coefficient (Wildman–Crippen LogP) is 11.2. The SMILES string of the molecule is c1ccc(C2CC3C4C(C2)N(c2ccccc2)C2CC(c5ccccc5)C5OC6CCCCC6N6C7CC(c8ccccc8)CC(C7P4C2C56)N3c2ccccc2)cc1. The Morgan fingerprint density at radius 2 is 0.864 bits per heavy atom. The van der Waals surface area contributed by atoms with E-state index in [-0.39, 0.29) is 14.0 Å². The van der Waals surface area contributed by atoms with Gasteiger partial charge in [-0.25, -0.2) is 0 Å². The number of morpholine rings is 1. The summed E-state index contributed by atoms with van der Waals surface area (Å²) in [5, 5.41) is 0. The molecule has 5 aromatic rings. The summed E-state index contributed by atoms with van der Waals surface area (Å²) in [6.07, 6.45) is 12.0. The number of para-hydroxylation sites is 2. The van der Waals surface area contributed by atoms with Crippen LogP contribution in [0.5, 0.6) is 0 Å². The van der Waals surface area contributed by atoms with Crippen LogP contribution in [0.1, 0.15) is 92.2 Å². The Hall–Kier alpha value is -3.95. The molecular formula is C54H58N3OP. The van der Waals surface area contributed by atoms with Crippen LogP contribution < -0.4 is 9.80 Å². The van der Waals surface area contributed by atoms with Gasteiger partial charge in [-0.3, -0.25) is 4.90 Å². The Balaban J connectivity index is 1.06. The molecule has 13 rings (SSSR count). The average molecular weight is 796 g/mol. The van der Waals surface area contributed by atoms with Crippen LogP contribution in [-0.4, -0.2) is 76.4 Å². The summed E-state index contributed by atoms with van der Waals surface area (Å²) in [7, 11) is -0.336. The van der Waals surface area contributed by atoms with E-state index in [1.807, 2.05) is 0 Å². The van der Waals surface area contributed by atoms with E-state index >= 15 is 0 Å². The summed E-state index contributed by atoms with van der Waals surface area (Å²) < 4.78 is 7.77. The lowest BCUT2D eigenvalue weighted by Gasteiger charge is -2.77. The van der Waals surface area contributed by atoms with Gasteiger partial charge >= 0.3 is 0 Å². The Kier molecular flexibility index (Phi) is 8.68. The van der Waals surface area contributed by atoms with E-state index in [2.05, 4.69) is 166 Å². The van der Waals surface area contributed by atoms with Crippen molar-refractivity contribution in [1.82, 2.24) is 4.90 Å². The van der Waals surface area contributed by atoms with Gasteiger partial charge in [0, 0.05) is 76.6 Å². The van der Waals surface area contributed by atoms with Crippen molar-refractivity contribution in [3.63, 3.8) is 0 Å². The summed E-state index contributed by atoms with van der Waals surface area (Å²) >= 11 is 0. The zero-order valence-corrected chi connectivity index (χ0v) is 35.0. The number of nitrogens with zero attached hydrogens (tertiary/aromatic N) is 3. The van der Waals surface area contributed by atoms with Gasteiger partial charge in [-0.15, -0.1) is 0 Å². The molecule has 0 amide bonds. The van der Waals surface area contributed by atoms with E-state index in [4.69, 9.17) is 4.74 Å². The number of benzene rings is 5. The number of ether oxygens (including phenoxy) is 1. The van der Waals surface area contributed by atoms with E-state index in [1.165, 1.54) is 80.3 Å². The lowest BCUT2D eigenvalue weighted by Crippen LogP contribution is -2.84. The molecule has 4 aliphatic heterocycles. The zero-order chi connectivity index (χ0) is 38.6. The van der Waals surface area contributed by atoms with Crippen molar-refractivity contribution < 1.29 is 4.74 Å². The van der Waals surface area contributed by atoms with Gasteiger partial charge in [-0.2, -0.15) is 0 Å². The minimum absolute atomic E-state index is 0.248. The zero-order valence-electron chi connectivity index (χ0n) is 34.2. The van der Waals surface area contributed by atoms with Crippen molar-refractivity contribution in [3.05, 3.63) is 168 Å². The van der Waals surface area contributed by atoms with Crippen molar-refractivity contribution in [2.45, 2.75) is 147 Å². The third-order valence-corrected chi connectivity index (χ3v) is 21.2. The molecule has 4 nitrogen and oxygen atoms in total. The molecule has 300 valence electrons. The predicted molar refractivity (Wildman–Crippen MR) is 242 cm³/mol. The number of hydrogen-bond acceptors (Lipinski definition) is 4. The Bertz CT molecular complexity index is 2240. The smallest absolute Gasteiger partial charge is 0.0811 e. The van der Waals surface area contributed by atoms with Crippen LogP contribution in [0.2, 0.25) is 0 Å². The van der Waals surface area contributed by atoms with Crippen molar-refractivity contribution >= 4 is 19.3 Å². The minimum atomic E-state index is -0.336. The highest BCUT2D eigenvalue weighted by Gasteiger charge is 2.72. The number of anilines is 2. The second-order valence-corrected chi connectivity index (χ2v) is 22.3. The van der Waals surface area contributed by atoms with Gasteiger partial charge < -0.3 is 14.5 Å². The molecule has 8 fully saturated rings. The van der Waals surface area contributed by atoms with E-state index in [0.29, 0.717) is 83.1 Å². The maximum Gasteiger partial charge on any atom is 0.0811 e. The summed E-state index contributed by atoms with van der Waals surface area (Å²) in [6.45, 7) is 0. The van der Waals surface area contributed by atoms with Crippen LogP contribution in [0.25, 0.3) is 0 Å². The molecule has 59 heavy (non-hydrogen) atoms. The molecule has 5 aromatic carbocycles. The summed E-state index contributed by atoms with van der Waals surface area (Å²) in [6, 6.07) is 62.4. The highest BCUT2D eigenvalue weighted by atomic mass is 31.1. The number of rotatable bonds is 5. The standard InChI is InChI=1S/C54H58N3OP/c1-6-18-35(19-7-1)38-30-44-52-45(31-38)56(41-26-14-5-15-27-41)48-34-42(37-22-10-3-11-23-37)51-50-54(48)59(52)53-46(55(44)40-24-12-4-13-25-40)32-39(36-20-8-2-9-21-36)33-47(53)57(50)43-28-16-17-29-49(43)58-51/h1-15,18-27,38-39,42-54H,16-17,28-34H2. The molecule has 16 unspecified atom stereocenters. The van der Waals surface area contributed by atoms with E-state index < -0.39 is 0 Å². The third kappa shape index (κ3) is 5.51. The minimum Gasteiger partial charge on any atom is -0.371 e. The van der Waals surface area contributed by atoms with Gasteiger partial charge in [0.1, 0.15) is 0 Å². The van der Waals surface area contributed by atoms with Crippen molar-refractivity contribution in [1.29, 1.82) is 0 Å². The van der Waals surface area contributed by atoms with Crippen molar-refractivity contribution in [3.8, 4) is 0 Å².